The van der Waals surface area contributed by atoms with Crippen LogP contribution in [0.5, 0.6) is 5.75 Å². The van der Waals surface area contributed by atoms with Gasteiger partial charge in [0.2, 0.25) is 10.0 Å². The molecule has 144 valence electrons. The largest absolute Gasteiger partial charge is 0.505 e. The summed E-state index contributed by atoms with van der Waals surface area (Å²) in [7, 11) is -3.85. The Kier molecular flexibility index (Phi) is 4.99. The fourth-order valence-corrected chi connectivity index (χ4v) is 2.99. The SMILES string of the molecule is Cc1cccc(-n2nc(C(=O)Nc3ccc(S(N)(=O)=O)cc3)c(O)cc2=O)c1. The van der Waals surface area contributed by atoms with Gasteiger partial charge in [-0.3, -0.25) is 9.59 Å². The monoisotopic (exact) mass is 400 g/mol. The minimum Gasteiger partial charge on any atom is -0.505 e. The second-order valence-electron chi connectivity index (χ2n) is 5.99. The first kappa shape index (κ1) is 19.3. The molecular formula is C18H16N4O5S. The molecule has 4 N–H and O–H groups in total. The van der Waals surface area contributed by atoms with Crippen LogP contribution in [0.4, 0.5) is 5.69 Å². The number of nitrogens with one attached hydrogen (secondary N) is 1. The molecule has 0 aliphatic carbocycles. The first-order chi connectivity index (χ1) is 13.1. The van der Waals surface area contributed by atoms with E-state index in [9.17, 15) is 23.1 Å². The van der Waals surface area contributed by atoms with Crippen molar-refractivity contribution in [2.75, 3.05) is 5.32 Å². The fourth-order valence-electron chi connectivity index (χ4n) is 2.47. The Bertz CT molecular complexity index is 1220. The number of carbonyl (C=O) groups excluding carboxylic acids is 1. The molecule has 0 fully saturated rings. The Hall–Kier alpha value is -3.50. The second-order valence-corrected chi connectivity index (χ2v) is 7.55. The van der Waals surface area contributed by atoms with Crippen LogP contribution in [0.15, 0.2) is 64.3 Å². The van der Waals surface area contributed by atoms with E-state index in [2.05, 4.69) is 10.4 Å². The molecule has 0 aliphatic rings. The van der Waals surface area contributed by atoms with Crippen molar-refractivity contribution in [2.24, 2.45) is 5.14 Å². The van der Waals surface area contributed by atoms with Gasteiger partial charge in [0.25, 0.3) is 11.5 Å². The number of hydrogen-bond donors (Lipinski definition) is 3. The Morgan fingerprint density at radius 1 is 1.14 bits per heavy atom. The second kappa shape index (κ2) is 7.25. The highest BCUT2D eigenvalue weighted by Gasteiger charge is 2.17. The minimum atomic E-state index is -3.85. The van der Waals surface area contributed by atoms with Gasteiger partial charge in [0.1, 0.15) is 0 Å². The number of sulfonamides is 1. The predicted molar refractivity (Wildman–Crippen MR) is 102 cm³/mol. The Morgan fingerprint density at radius 2 is 1.82 bits per heavy atom. The van der Waals surface area contributed by atoms with Gasteiger partial charge in [-0.1, -0.05) is 12.1 Å². The number of nitrogens with two attached hydrogens (primary N) is 1. The van der Waals surface area contributed by atoms with Crippen molar-refractivity contribution >= 4 is 21.6 Å². The van der Waals surface area contributed by atoms with Gasteiger partial charge in [-0.2, -0.15) is 9.78 Å². The highest BCUT2D eigenvalue weighted by atomic mass is 32.2. The lowest BCUT2D eigenvalue weighted by Gasteiger charge is -2.10. The molecule has 0 spiro atoms. The molecule has 3 rings (SSSR count). The van der Waals surface area contributed by atoms with Gasteiger partial charge >= 0.3 is 0 Å². The van der Waals surface area contributed by atoms with Crippen molar-refractivity contribution in [2.45, 2.75) is 11.8 Å². The molecule has 2 aromatic carbocycles. The molecule has 0 saturated heterocycles. The van der Waals surface area contributed by atoms with E-state index in [1.807, 2.05) is 13.0 Å². The molecule has 28 heavy (non-hydrogen) atoms. The zero-order valence-corrected chi connectivity index (χ0v) is 15.5. The van der Waals surface area contributed by atoms with Crippen molar-refractivity contribution in [3.63, 3.8) is 0 Å². The summed E-state index contributed by atoms with van der Waals surface area (Å²) < 4.78 is 23.6. The third kappa shape index (κ3) is 4.08. The average Bonchev–Trinajstić information content (AvgIpc) is 2.61. The third-order valence-electron chi connectivity index (χ3n) is 3.81. The van der Waals surface area contributed by atoms with Crippen molar-refractivity contribution in [1.82, 2.24) is 9.78 Å². The summed E-state index contributed by atoms with van der Waals surface area (Å²) in [6, 6.07) is 13.0. The number of primary sulfonamides is 1. The summed E-state index contributed by atoms with van der Waals surface area (Å²) in [5.74, 6) is -1.35. The van der Waals surface area contributed by atoms with Gasteiger partial charge in [-0.05, 0) is 48.9 Å². The maximum absolute atomic E-state index is 12.5. The number of aromatic hydroxyl groups is 1. The van der Waals surface area contributed by atoms with Crippen molar-refractivity contribution in [3.8, 4) is 11.4 Å². The topological polar surface area (TPSA) is 144 Å². The smallest absolute Gasteiger partial charge is 0.279 e. The number of aromatic nitrogens is 2. The van der Waals surface area contributed by atoms with Crippen LogP contribution >= 0.6 is 0 Å². The van der Waals surface area contributed by atoms with E-state index in [-0.39, 0.29) is 16.3 Å². The van der Waals surface area contributed by atoms with Crippen molar-refractivity contribution in [1.29, 1.82) is 0 Å². The van der Waals surface area contributed by atoms with E-state index in [1.54, 1.807) is 18.2 Å². The summed E-state index contributed by atoms with van der Waals surface area (Å²) in [6.45, 7) is 1.84. The summed E-state index contributed by atoms with van der Waals surface area (Å²) in [6.07, 6.45) is 0. The van der Waals surface area contributed by atoms with E-state index in [4.69, 9.17) is 5.14 Å². The molecule has 1 amide bonds. The molecule has 0 radical (unpaired) electrons. The summed E-state index contributed by atoms with van der Waals surface area (Å²) in [4.78, 5) is 24.5. The van der Waals surface area contributed by atoms with Gasteiger partial charge in [0, 0.05) is 11.8 Å². The van der Waals surface area contributed by atoms with Crippen LogP contribution in [0.3, 0.4) is 0 Å². The molecule has 10 heteroatoms. The zero-order chi connectivity index (χ0) is 20.5. The quantitative estimate of drug-likeness (QED) is 0.599. The van der Waals surface area contributed by atoms with E-state index >= 15 is 0 Å². The van der Waals surface area contributed by atoms with Crippen molar-refractivity contribution < 1.29 is 18.3 Å². The number of anilines is 1. The lowest BCUT2D eigenvalue weighted by Crippen LogP contribution is -2.25. The highest BCUT2D eigenvalue weighted by molar-refractivity contribution is 7.89. The fraction of sp³-hybridized carbons (Fsp3) is 0.0556. The van der Waals surface area contributed by atoms with Gasteiger partial charge in [-0.15, -0.1) is 0 Å². The van der Waals surface area contributed by atoms with E-state index in [0.29, 0.717) is 5.69 Å². The normalized spacial score (nSPS) is 11.2. The third-order valence-corrected chi connectivity index (χ3v) is 4.74. The maximum atomic E-state index is 12.5. The lowest BCUT2D eigenvalue weighted by atomic mass is 10.2. The van der Waals surface area contributed by atoms with Gasteiger partial charge in [0.05, 0.1) is 10.6 Å². The molecule has 9 nitrogen and oxygen atoms in total. The molecule has 1 aromatic heterocycles. The van der Waals surface area contributed by atoms with Crippen LogP contribution in [-0.2, 0) is 10.0 Å². The highest BCUT2D eigenvalue weighted by Crippen LogP contribution is 2.17. The van der Waals surface area contributed by atoms with E-state index in [0.717, 1.165) is 16.3 Å². The number of hydrogen-bond acceptors (Lipinski definition) is 6. The molecular weight excluding hydrogens is 384 g/mol. The van der Waals surface area contributed by atoms with Crippen LogP contribution in [0.1, 0.15) is 16.1 Å². The lowest BCUT2D eigenvalue weighted by molar-refractivity contribution is 0.101. The van der Waals surface area contributed by atoms with Gasteiger partial charge < -0.3 is 10.4 Å². The number of amides is 1. The molecule has 0 atom stereocenters. The first-order valence-electron chi connectivity index (χ1n) is 8.00. The summed E-state index contributed by atoms with van der Waals surface area (Å²) >= 11 is 0. The first-order valence-corrected chi connectivity index (χ1v) is 9.54. The molecule has 0 aliphatic heterocycles. The molecule has 3 aromatic rings. The maximum Gasteiger partial charge on any atom is 0.279 e. The number of benzene rings is 2. The van der Waals surface area contributed by atoms with Gasteiger partial charge in [0.15, 0.2) is 11.4 Å². The predicted octanol–water partition coefficient (Wildman–Crippen LogP) is 1.15. The van der Waals surface area contributed by atoms with Gasteiger partial charge in [-0.25, -0.2) is 13.6 Å². The van der Waals surface area contributed by atoms with Crippen molar-refractivity contribution in [3.05, 3.63) is 76.2 Å². The molecule has 0 bridgehead atoms. The summed E-state index contributed by atoms with van der Waals surface area (Å²) in [5, 5.41) is 21.4. The number of carbonyl (C=O) groups is 1. The Balaban J connectivity index is 1.94. The Morgan fingerprint density at radius 3 is 2.43 bits per heavy atom. The van der Waals surface area contributed by atoms with Crippen LogP contribution in [-0.4, -0.2) is 29.2 Å². The number of nitrogens with zero attached hydrogens (tertiary/aromatic N) is 2. The zero-order valence-electron chi connectivity index (χ0n) is 14.7. The number of aryl methyl sites for hydroxylation is 1. The number of rotatable bonds is 4. The van der Waals surface area contributed by atoms with Crippen LogP contribution in [0.25, 0.3) is 5.69 Å². The molecule has 0 saturated carbocycles. The minimum absolute atomic E-state index is 0.112. The van der Waals surface area contributed by atoms with Crippen LogP contribution in [0.2, 0.25) is 0 Å². The van der Waals surface area contributed by atoms with E-state index < -0.39 is 27.2 Å². The standard InChI is InChI=1S/C18H16N4O5S/c1-11-3-2-4-13(9-11)22-16(24)10-15(23)17(21-22)18(25)20-12-5-7-14(8-6-12)28(19,26)27/h2-10,23H,1H3,(H,20,25)(H2,19,26,27). The summed E-state index contributed by atoms with van der Waals surface area (Å²) in [5.41, 5.74) is 0.623. The Labute approximate surface area is 160 Å². The van der Waals surface area contributed by atoms with Crippen LogP contribution < -0.4 is 16.0 Å². The molecule has 1 heterocycles. The molecule has 0 unspecified atom stereocenters. The van der Waals surface area contributed by atoms with E-state index in [1.165, 1.54) is 24.3 Å². The average molecular weight is 400 g/mol. The van der Waals surface area contributed by atoms with Crippen LogP contribution in [0, 0.1) is 6.92 Å².